The molecule has 2 aromatic carbocycles. The van der Waals surface area contributed by atoms with Gasteiger partial charge >= 0.3 is 41.8 Å². The summed E-state index contributed by atoms with van der Waals surface area (Å²) in [7, 11) is 0. The van der Waals surface area contributed by atoms with Gasteiger partial charge in [-0.3, -0.25) is 24.0 Å². The van der Waals surface area contributed by atoms with Gasteiger partial charge in [0.15, 0.2) is 6.61 Å². The fraction of sp³-hybridized carbons (Fsp3) is 0.774. The van der Waals surface area contributed by atoms with E-state index >= 15 is 0 Å². The van der Waals surface area contributed by atoms with Gasteiger partial charge in [0.1, 0.15) is 40.5 Å². The highest BCUT2D eigenvalue weighted by atomic mass is 16.6. The lowest BCUT2D eigenvalue weighted by atomic mass is 9.47. The smallest absolute Gasteiger partial charge is 0.344 e. The molecular formula is C84H128O17. The zero-order chi connectivity index (χ0) is 74.6. The van der Waals surface area contributed by atoms with Crippen LogP contribution >= 0.6 is 0 Å². The Morgan fingerprint density at radius 2 is 1.05 bits per heavy atom. The maximum absolute atomic E-state index is 12.8. The Morgan fingerprint density at radius 3 is 1.53 bits per heavy atom. The number of ether oxygens (including phenoxy) is 7. The van der Waals surface area contributed by atoms with Crippen LogP contribution in [0.2, 0.25) is 0 Å². The van der Waals surface area contributed by atoms with Gasteiger partial charge in [-0.05, 0) is 285 Å². The molecule has 13 aliphatic rings. The van der Waals surface area contributed by atoms with Crippen molar-refractivity contribution >= 4 is 41.8 Å². The molecule has 566 valence electrons. The highest BCUT2D eigenvalue weighted by Crippen LogP contribution is 2.63. The summed E-state index contributed by atoms with van der Waals surface area (Å²) in [5.41, 5.74) is -2.76. The second kappa shape index (κ2) is 32.0. The Labute approximate surface area is 604 Å². The van der Waals surface area contributed by atoms with Crippen molar-refractivity contribution in [3.8, 4) is 11.5 Å². The third-order valence-electron chi connectivity index (χ3n) is 26.2. The molecule has 0 amide bonds. The van der Waals surface area contributed by atoms with Crippen LogP contribution in [0.15, 0.2) is 48.5 Å². The van der Waals surface area contributed by atoms with Gasteiger partial charge in [0.25, 0.3) is 0 Å². The van der Waals surface area contributed by atoms with E-state index in [0.29, 0.717) is 72.5 Å². The number of fused-ring (bicyclic) bond motifs is 1. The Kier molecular flexibility index (Phi) is 25.7. The summed E-state index contributed by atoms with van der Waals surface area (Å²) >= 11 is 0. The first-order valence-electron chi connectivity index (χ1n) is 39.0. The summed E-state index contributed by atoms with van der Waals surface area (Å²) in [6.45, 7) is 36.1. The summed E-state index contributed by atoms with van der Waals surface area (Å²) in [6.07, 6.45) is 21.5. The molecule has 3 N–H and O–H groups in total. The van der Waals surface area contributed by atoms with E-state index in [2.05, 4.69) is 48.5 Å². The minimum Gasteiger partial charge on any atom is -0.508 e. The number of benzene rings is 2. The number of aliphatic hydroxyl groups is 2. The monoisotopic (exact) mass is 1410 g/mol. The van der Waals surface area contributed by atoms with Crippen molar-refractivity contribution in [1.29, 1.82) is 0 Å². The first-order chi connectivity index (χ1) is 47.1. The third kappa shape index (κ3) is 18.9. The minimum absolute atomic E-state index is 0.0226. The highest BCUT2D eigenvalue weighted by Gasteiger charge is 2.65. The first kappa shape index (κ1) is 81.1. The zero-order valence-corrected chi connectivity index (χ0v) is 64.9. The second-order valence-electron chi connectivity index (χ2n) is 36.1. The van der Waals surface area contributed by atoms with Gasteiger partial charge in [-0.2, -0.15) is 0 Å². The number of phenolic OH excluding ortho intramolecular Hbond substituents is 1. The molecule has 2 aliphatic heterocycles. The fourth-order valence-electron chi connectivity index (χ4n) is 18.6. The standard InChI is InChI=1S/C19H32O2.C18H26O6.C17H18O3.C16H26O4.C14H26O2/c1-6-18(4,5)17(20)21-19(12(2)3)15-8-13-7-14(10-15)11-16(19)9-13;1-4-18(2,3)17(21)22-9-14(19)24-15-11-5-10-6-12(8-11)16(20)23-13(15)7-10;1-3-12(2)13-4-6-14(7-5-13)17(19)20-16-10-8-15(18)9-11-16;1-4-13(2,3)12(17)20-16-7-11-5-14(18,9-16)8-15(19,6-11)10-16;1-6-13(4,5)12(15)16-14(11(2)3)9-7-8-10-14/h12-16H,6-11H2,1-5H3;10-13,15H,4-9H2,1-3H3;4-12,18H,3H2,1-2H3;11,18-19H,4-10H2,1-3H3;11H,6-10H2,1-5H3. The van der Waals surface area contributed by atoms with E-state index in [9.17, 15) is 48.9 Å². The molecule has 0 aromatic heterocycles. The molecule has 11 aliphatic carbocycles. The van der Waals surface area contributed by atoms with Crippen molar-refractivity contribution in [1.82, 2.24) is 0 Å². The molecule has 11 saturated carbocycles. The van der Waals surface area contributed by atoms with Crippen molar-refractivity contribution < 1.29 is 82.0 Å². The van der Waals surface area contributed by atoms with Crippen molar-refractivity contribution in [2.75, 3.05) is 6.61 Å². The first-order valence-corrected chi connectivity index (χ1v) is 39.0. The summed E-state index contributed by atoms with van der Waals surface area (Å²) in [4.78, 5) is 85.3. The van der Waals surface area contributed by atoms with Crippen LogP contribution in [0.25, 0.3) is 0 Å². The molecule has 13 fully saturated rings. The lowest BCUT2D eigenvalue weighted by Crippen LogP contribution is -2.67. The van der Waals surface area contributed by atoms with E-state index in [1.54, 1.807) is 38.1 Å². The number of phenols is 1. The molecule has 2 aromatic rings. The molecular weight excluding hydrogens is 1280 g/mol. The molecule has 101 heavy (non-hydrogen) atoms. The van der Waals surface area contributed by atoms with Crippen LogP contribution in [0.5, 0.6) is 11.5 Å². The van der Waals surface area contributed by atoms with Gasteiger partial charge < -0.3 is 48.5 Å². The number of carbonyl (C=O) groups is 7. The predicted octanol–water partition coefficient (Wildman–Crippen LogP) is 17.3. The minimum atomic E-state index is -0.842. The fourth-order valence-corrected chi connectivity index (χ4v) is 18.6. The number of hydrogen-bond acceptors (Lipinski definition) is 17. The van der Waals surface area contributed by atoms with Crippen molar-refractivity contribution in [2.24, 2.45) is 80.8 Å². The predicted molar refractivity (Wildman–Crippen MR) is 387 cm³/mol. The Bertz CT molecular complexity index is 3140. The molecule has 2 heterocycles. The Hall–Kier alpha value is -5.55. The Morgan fingerprint density at radius 1 is 0.554 bits per heavy atom. The van der Waals surface area contributed by atoms with Crippen LogP contribution in [0.4, 0.5) is 0 Å². The number of carbonyl (C=O) groups excluding carboxylic acids is 7. The van der Waals surface area contributed by atoms with Crippen LogP contribution < -0.4 is 4.74 Å². The Balaban J connectivity index is 0.000000161. The van der Waals surface area contributed by atoms with Crippen molar-refractivity contribution in [3.05, 3.63) is 59.7 Å². The number of rotatable bonds is 20. The van der Waals surface area contributed by atoms with Gasteiger partial charge in [-0.1, -0.05) is 81.4 Å². The average Bonchev–Trinajstić information content (AvgIpc) is 1.23. The number of aromatic hydroxyl groups is 1. The third-order valence-corrected chi connectivity index (χ3v) is 26.2. The quantitative estimate of drug-likeness (QED) is 0.0634. The molecule has 15 rings (SSSR count). The SMILES string of the molecule is CCC(C)(C)C(=O)OC1(C(C)C)C2CC3CC(C2)CC1C3.CCC(C)(C)C(=O)OC1(C(C)C)CCCC1.CCC(C)(C)C(=O)OC12CC3CC(O)(CC(O)(C3)C1)C2.CCC(C)(C)C(=O)OCC(=O)OC1C2CC3CC(C2)C(=O)OC1C3.CCC(C)c1ccc(C(=O)Oc2ccc(O)cc2)cc1. The van der Waals surface area contributed by atoms with Crippen LogP contribution in [0, 0.1) is 80.8 Å². The molecule has 2 saturated heterocycles. The molecule has 8 unspecified atom stereocenters. The lowest BCUT2D eigenvalue weighted by Gasteiger charge is -2.62. The van der Waals surface area contributed by atoms with E-state index in [-0.39, 0.29) is 82.1 Å². The van der Waals surface area contributed by atoms with Crippen LogP contribution in [-0.2, 0) is 57.2 Å². The van der Waals surface area contributed by atoms with Crippen LogP contribution in [0.1, 0.15) is 301 Å². The maximum atomic E-state index is 12.8. The van der Waals surface area contributed by atoms with E-state index < -0.39 is 51.6 Å². The number of esters is 7. The molecule has 12 bridgehead atoms. The van der Waals surface area contributed by atoms with E-state index in [1.807, 2.05) is 74.4 Å². The van der Waals surface area contributed by atoms with Crippen LogP contribution in [0.3, 0.4) is 0 Å². The summed E-state index contributed by atoms with van der Waals surface area (Å²) < 4.78 is 39.5. The van der Waals surface area contributed by atoms with Crippen molar-refractivity contribution in [2.45, 2.75) is 325 Å². The van der Waals surface area contributed by atoms with Gasteiger partial charge in [0, 0.05) is 25.2 Å². The van der Waals surface area contributed by atoms with Gasteiger partial charge in [-0.15, -0.1) is 0 Å². The molecule has 8 atom stereocenters. The zero-order valence-electron chi connectivity index (χ0n) is 64.9. The normalized spacial score (nSPS) is 31.6. The summed E-state index contributed by atoms with van der Waals surface area (Å²) in [6, 6.07) is 13.6. The lowest BCUT2D eigenvalue weighted by molar-refractivity contribution is -0.264. The summed E-state index contributed by atoms with van der Waals surface area (Å²) in [5.74, 6) is 4.14. The second-order valence-corrected chi connectivity index (χ2v) is 36.1. The van der Waals surface area contributed by atoms with Crippen molar-refractivity contribution in [3.63, 3.8) is 0 Å². The van der Waals surface area contributed by atoms with Gasteiger partial charge in [0.2, 0.25) is 0 Å². The molecule has 17 nitrogen and oxygen atoms in total. The van der Waals surface area contributed by atoms with Gasteiger partial charge in [0.05, 0.1) is 44.3 Å². The van der Waals surface area contributed by atoms with Gasteiger partial charge in [-0.25, -0.2) is 9.59 Å². The van der Waals surface area contributed by atoms with E-state index in [4.69, 9.17) is 33.2 Å². The van der Waals surface area contributed by atoms with E-state index in [0.717, 1.165) is 95.3 Å². The molecule has 0 spiro atoms. The largest absolute Gasteiger partial charge is 0.508 e. The van der Waals surface area contributed by atoms with E-state index in [1.165, 1.54) is 62.6 Å². The topological polar surface area (TPSA) is 245 Å². The highest BCUT2D eigenvalue weighted by molar-refractivity contribution is 5.91. The average molecular weight is 1410 g/mol. The number of hydrogen-bond donors (Lipinski definition) is 3. The summed E-state index contributed by atoms with van der Waals surface area (Å²) in [5, 5.41) is 30.5. The van der Waals surface area contributed by atoms with Crippen LogP contribution in [-0.4, -0.2) is 104 Å². The molecule has 0 radical (unpaired) electrons. The maximum Gasteiger partial charge on any atom is 0.344 e. The molecule has 17 heteroatoms.